The molecule has 1 aromatic carbocycles. The van der Waals surface area contributed by atoms with E-state index in [-0.39, 0.29) is 5.91 Å². The van der Waals surface area contributed by atoms with E-state index in [9.17, 15) is 4.79 Å². The molecule has 1 unspecified atom stereocenters. The predicted molar refractivity (Wildman–Crippen MR) is 85.6 cm³/mol. The smallest absolute Gasteiger partial charge is 0.244 e. The summed E-state index contributed by atoms with van der Waals surface area (Å²) in [5.41, 5.74) is 7.31. The van der Waals surface area contributed by atoms with Crippen LogP contribution in [0.2, 0.25) is 0 Å². The average molecular weight is 381 g/mol. The molecule has 0 bridgehead atoms. The molecule has 1 heterocycles. The Hall–Kier alpha value is -1.37. The van der Waals surface area contributed by atoms with E-state index >= 15 is 0 Å². The van der Waals surface area contributed by atoms with Crippen LogP contribution in [-0.4, -0.2) is 15.9 Å². The number of primary amides is 1. The zero-order valence-electron chi connectivity index (χ0n) is 11.0. The molecule has 0 saturated heterocycles. The van der Waals surface area contributed by atoms with Gasteiger partial charge in [-0.15, -0.1) is 0 Å². The number of benzene rings is 1. The summed E-state index contributed by atoms with van der Waals surface area (Å²) >= 11 is 2.12. The van der Waals surface area contributed by atoms with E-state index in [1.165, 1.54) is 19.3 Å². The molecule has 104 valence electrons. The minimum absolute atomic E-state index is 0.381. The van der Waals surface area contributed by atoms with Crippen LogP contribution in [0.25, 0.3) is 0 Å². The molecule has 0 radical (unpaired) electrons. The Morgan fingerprint density at radius 2 is 2.05 bits per heavy atom. The highest BCUT2D eigenvalue weighted by Gasteiger charge is 2.40. The summed E-state index contributed by atoms with van der Waals surface area (Å²) in [6.45, 7) is 0. The van der Waals surface area contributed by atoms with Crippen molar-refractivity contribution in [2.75, 3.05) is 0 Å². The summed E-state index contributed by atoms with van der Waals surface area (Å²) in [6.07, 6.45) is 5.34. The van der Waals surface area contributed by atoms with Gasteiger partial charge >= 0.3 is 0 Å². The number of amides is 1. The number of carbonyl (C=O) groups excluding carboxylic acids is 1. The van der Waals surface area contributed by atoms with Gasteiger partial charge in [-0.25, -0.2) is 4.98 Å². The van der Waals surface area contributed by atoms with Gasteiger partial charge in [0, 0.05) is 5.92 Å². The lowest BCUT2D eigenvalue weighted by molar-refractivity contribution is -0.119. The van der Waals surface area contributed by atoms with Crippen LogP contribution in [0.3, 0.4) is 0 Å². The van der Waals surface area contributed by atoms with E-state index in [2.05, 4.69) is 32.6 Å². The molecule has 1 amide bonds. The number of nitrogens with two attached hydrogens (primary N) is 1. The molecular weight excluding hydrogens is 365 g/mol. The van der Waals surface area contributed by atoms with Crippen molar-refractivity contribution in [1.29, 1.82) is 0 Å². The van der Waals surface area contributed by atoms with Crippen molar-refractivity contribution in [2.45, 2.75) is 28.6 Å². The number of imidazole rings is 1. The first kappa shape index (κ1) is 13.6. The van der Waals surface area contributed by atoms with E-state index in [0.717, 1.165) is 17.1 Å². The maximum Gasteiger partial charge on any atom is 0.244 e. The summed E-state index contributed by atoms with van der Waals surface area (Å²) in [4.78, 5) is 19.8. The minimum Gasteiger partial charge on any atom is -0.368 e. The van der Waals surface area contributed by atoms with Gasteiger partial charge in [-0.3, -0.25) is 4.79 Å². The highest BCUT2D eigenvalue weighted by molar-refractivity contribution is 14.1. The van der Waals surface area contributed by atoms with E-state index in [0.29, 0.717) is 5.92 Å². The van der Waals surface area contributed by atoms with Gasteiger partial charge in [0.05, 0.1) is 11.9 Å². The van der Waals surface area contributed by atoms with Crippen LogP contribution in [0.1, 0.15) is 42.3 Å². The lowest BCUT2D eigenvalue weighted by Gasteiger charge is -2.25. The normalized spacial score (nSPS) is 18.2. The lowest BCUT2D eigenvalue weighted by Crippen LogP contribution is -2.37. The van der Waals surface area contributed by atoms with Crippen LogP contribution in [-0.2, 0) is 8.22 Å². The van der Waals surface area contributed by atoms with Crippen LogP contribution in [0.4, 0.5) is 0 Å². The topological polar surface area (TPSA) is 71.8 Å². The third kappa shape index (κ3) is 2.13. The maximum atomic E-state index is 12.1. The summed E-state index contributed by atoms with van der Waals surface area (Å²) < 4.78 is -0.895. The Kier molecular flexibility index (Phi) is 3.54. The Labute approximate surface area is 131 Å². The van der Waals surface area contributed by atoms with E-state index < -0.39 is 3.42 Å². The molecule has 2 aromatic rings. The fourth-order valence-corrected chi connectivity index (χ4v) is 3.13. The number of halogens is 1. The van der Waals surface area contributed by atoms with Gasteiger partial charge < -0.3 is 10.7 Å². The third-order valence-corrected chi connectivity index (χ3v) is 5.71. The summed E-state index contributed by atoms with van der Waals surface area (Å²) in [5, 5.41) is 0. The second kappa shape index (κ2) is 5.20. The second-order valence-corrected chi connectivity index (χ2v) is 6.82. The summed E-state index contributed by atoms with van der Waals surface area (Å²) in [5.74, 6) is 1.10. The van der Waals surface area contributed by atoms with Crippen molar-refractivity contribution in [3.63, 3.8) is 0 Å². The number of carbonyl (C=O) groups is 1. The fourth-order valence-electron chi connectivity index (χ4n) is 2.50. The van der Waals surface area contributed by atoms with E-state index in [1.54, 1.807) is 6.20 Å². The first-order valence-corrected chi connectivity index (χ1v) is 7.80. The number of hydrogen-bond donors (Lipinski definition) is 2. The van der Waals surface area contributed by atoms with Crippen molar-refractivity contribution in [2.24, 2.45) is 5.73 Å². The molecule has 1 atom stereocenters. The lowest BCUT2D eigenvalue weighted by atomic mass is 9.85. The molecular formula is C15H16IN3O. The van der Waals surface area contributed by atoms with Crippen molar-refractivity contribution in [1.82, 2.24) is 9.97 Å². The Morgan fingerprint density at radius 3 is 2.60 bits per heavy atom. The van der Waals surface area contributed by atoms with Gasteiger partial charge in [-0.2, -0.15) is 0 Å². The zero-order valence-corrected chi connectivity index (χ0v) is 13.1. The summed E-state index contributed by atoms with van der Waals surface area (Å²) in [6, 6.07) is 9.58. The molecule has 20 heavy (non-hydrogen) atoms. The number of H-pyrrole nitrogens is 1. The Morgan fingerprint density at radius 1 is 1.35 bits per heavy atom. The van der Waals surface area contributed by atoms with Crippen molar-refractivity contribution in [3.8, 4) is 0 Å². The number of nitrogens with one attached hydrogen (secondary N) is 1. The standard InChI is InChI=1S/C15H16IN3O/c16-15(14(17)20,11-7-2-1-3-8-11)12-9-18-13(19-12)10-5-4-6-10/h1-3,7-10H,4-6H2,(H2,17,20)(H,18,19). The molecule has 1 saturated carbocycles. The van der Waals surface area contributed by atoms with Crippen molar-refractivity contribution in [3.05, 3.63) is 53.6 Å². The molecule has 4 nitrogen and oxygen atoms in total. The van der Waals surface area contributed by atoms with Crippen LogP contribution in [0.15, 0.2) is 36.5 Å². The Balaban J connectivity index is 2.02. The van der Waals surface area contributed by atoms with Crippen molar-refractivity contribution < 1.29 is 4.79 Å². The van der Waals surface area contributed by atoms with Crippen LogP contribution in [0, 0.1) is 0 Å². The number of alkyl halides is 1. The minimum atomic E-state index is -0.895. The van der Waals surface area contributed by atoms with Gasteiger partial charge in [0.2, 0.25) is 5.91 Å². The molecule has 0 spiro atoms. The van der Waals surface area contributed by atoms with Crippen LogP contribution < -0.4 is 5.73 Å². The molecule has 1 aliphatic rings. The third-order valence-electron chi connectivity index (χ3n) is 3.97. The summed E-state index contributed by atoms with van der Waals surface area (Å²) in [7, 11) is 0. The van der Waals surface area contributed by atoms with Crippen molar-refractivity contribution >= 4 is 28.5 Å². The predicted octanol–water partition coefficient (Wildman–Crippen LogP) is 2.84. The van der Waals surface area contributed by atoms with E-state index in [4.69, 9.17) is 5.73 Å². The highest BCUT2D eigenvalue weighted by atomic mass is 127. The van der Waals surface area contributed by atoms with Gasteiger partial charge in [-0.05, 0) is 18.4 Å². The quantitative estimate of drug-likeness (QED) is 0.632. The molecule has 1 aromatic heterocycles. The highest BCUT2D eigenvalue weighted by Crippen LogP contribution is 2.40. The molecule has 1 aliphatic carbocycles. The molecule has 0 aliphatic heterocycles. The SMILES string of the molecule is NC(=O)C(I)(c1ccccc1)c1cnc(C2CCC2)[nH]1. The zero-order chi connectivity index (χ0) is 14.2. The average Bonchev–Trinajstić information content (AvgIpc) is 2.86. The fraction of sp³-hybridized carbons (Fsp3) is 0.333. The van der Waals surface area contributed by atoms with Gasteiger partial charge in [-0.1, -0.05) is 59.3 Å². The van der Waals surface area contributed by atoms with Gasteiger partial charge in [0.25, 0.3) is 0 Å². The van der Waals surface area contributed by atoms with Gasteiger partial charge in [0.1, 0.15) is 5.82 Å². The largest absolute Gasteiger partial charge is 0.368 e. The second-order valence-electron chi connectivity index (χ2n) is 5.20. The molecule has 5 heteroatoms. The number of aromatic nitrogens is 2. The number of nitrogens with zero attached hydrogens (tertiary/aromatic N) is 1. The molecule has 3 rings (SSSR count). The first-order valence-electron chi connectivity index (χ1n) is 6.72. The van der Waals surface area contributed by atoms with Crippen LogP contribution in [0.5, 0.6) is 0 Å². The number of rotatable bonds is 4. The van der Waals surface area contributed by atoms with Crippen LogP contribution >= 0.6 is 22.6 Å². The first-order chi connectivity index (χ1) is 9.62. The molecule has 3 N–H and O–H groups in total. The van der Waals surface area contributed by atoms with E-state index in [1.807, 2.05) is 30.3 Å². The number of hydrogen-bond acceptors (Lipinski definition) is 2. The Bertz CT molecular complexity index is 621. The monoisotopic (exact) mass is 381 g/mol. The molecule has 1 fully saturated rings. The number of aromatic amines is 1. The maximum absolute atomic E-state index is 12.1. The van der Waals surface area contributed by atoms with Gasteiger partial charge in [0.15, 0.2) is 3.42 Å².